The van der Waals surface area contributed by atoms with Crippen molar-refractivity contribution in [2.45, 2.75) is 26.2 Å². The van der Waals surface area contributed by atoms with Crippen LogP contribution < -0.4 is 9.64 Å². The molecule has 0 aliphatic carbocycles. The van der Waals surface area contributed by atoms with Crippen LogP contribution in [0.3, 0.4) is 0 Å². The average molecular weight is 411 g/mol. The van der Waals surface area contributed by atoms with Crippen LogP contribution in [0.15, 0.2) is 54.2 Å². The maximum absolute atomic E-state index is 13.4. The van der Waals surface area contributed by atoms with Gasteiger partial charge in [-0.3, -0.25) is 9.59 Å². The van der Waals surface area contributed by atoms with Gasteiger partial charge in [0.05, 0.1) is 17.9 Å². The highest BCUT2D eigenvalue weighted by Gasteiger charge is 2.42. The fourth-order valence-corrected chi connectivity index (χ4v) is 3.90. The summed E-state index contributed by atoms with van der Waals surface area (Å²) in [5.74, 6) is 0.173. The molecule has 1 saturated heterocycles. The van der Waals surface area contributed by atoms with Gasteiger partial charge in [-0.25, -0.2) is 4.90 Å². The summed E-state index contributed by atoms with van der Waals surface area (Å²) in [6, 6.07) is 14.2. The van der Waals surface area contributed by atoms with E-state index in [-0.39, 0.29) is 11.8 Å². The normalized spacial score (nSPS) is 16.9. The fraction of sp³-hybridized carbons (Fsp3) is 0.304. The molecule has 1 fully saturated rings. The Morgan fingerprint density at radius 1 is 0.931 bits per heavy atom. The van der Waals surface area contributed by atoms with Crippen molar-refractivity contribution in [1.29, 1.82) is 0 Å². The van der Waals surface area contributed by atoms with Crippen LogP contribution in [-0.4, -0.2) is 36.4 Å². The Morgan fingerprint density at radius 2 is 1.59 bits per heavy atom. The van der Waals surface area contributed by atoms with Crippen LogP contribution in [0.2, 0.25) is 5.02 Å². The second kappa shape index (κ2) is 8.29. The number of amides is 2. The minimum absolute atomic E-state index is 0.277. The molecule has 2 aromatic carbocycles. The highest BCUT2D eigenvalue weighted by atomic mass is 35.5. The monoisotopic (exact) mass is 410 g/mol. The summed E-state index contributed by atoms with van der Waals surface area (Å²) in [4.78, 5) is 30.0. The number of carbonyl (C=O) groups is 2. The van der Waals surface area contributed by atoms with Gasteiger partial charge in [0.2, 0.25) is 0 Å². The molecule has 0 aromatic heterocycles. The molecule has 6 heteroatoms. The van der Waals surface area contributed by atoms with E-state index in [0.717, 1.165) is 43.7 Å². The van der Waals surface area contributed by atoms with E-state index in [1.54, 1.807) is 24.3 Å². The van der Waals surface area contributed by atoms with Crippen molar-refractivity contribution in [2.24, 2.45) is 0 Å². The number of hydrogen-bond donors (Lipinski definition) is 0. The summed E-state index contributed by atoms with van der Waals surface area (Å²) in [7, 11) is 0. The molecule has 2 aliphatic rings. The molecule has 4 rings (SSSR count). The Kier molecular flexibility index (Phi) is 5.58. The summed E-state index contributed by atoms with van der Waals surface area (Å²) in [5, 5.41) is 0.559. The van der Waals surface area contributed by atoms with Crippen LogP contribution in [0.1, 0.15) is 31.7 Å². The van der Waals surface area contributed by atoms with E-state index in [9.17, 15) is 9.59 Å². The molecular weight excluding hydrogens is 388 g/mol. The average Bonchev–Trinajstić information content (AvgIpc) is 3.34. The molecule has 150 valence electrons. The van der Waals surface area contributed by atoms with Crippen molar-refractivity contribution in [1.82, 2.24) is 4.90 Å². The van der Waals surface area contributed by atoms with Crippen molar-refractivity contribution in [3.8, 4) is 5.75 Å². The molecule has 2 aromatic rings. The van der Waals surface area contributed by atoms with Crippen LogP contribution in [0.4, 0.5) is 5.69 Å². The lowest BCUT2D eigenvalue weighted by atomic mass is 10.0. The van der Waals surface area contributed by atoms with E-state index in [1.165, 1.54) is 4.90 Å². The van der Waals surface area contributed by atoms with Gasteiger partial charge < -0.3 is 9.64 Å². The zero-order valence-electron chi connectivity index (χ0n) is 16.4. The molecule has 0 spiro atoms. The van der Waals surface area contributed by atoms with Gasteiger partial charge in [0.25, 0.3) is 11.8 Å². The number of hydrogen-bond acceptors (Lipinski definition) is 4. The fourth-order valence-electron chi connectivity index (χ4n) is 3.77. The predicted molar refractivity (Wildman–Crippen MR) is 114 cm³/mol. The number of anilines is 1. The van der Waals surface area contributed by atoms with Gasteiger partial charge in [0, 0.05) is 18.1 Å². The molecule has 0 saturated carbocycles. The van der Waals surface area contributed by atoms with Crippen molar-refractivity contribution < 1.29 is 14.3 Å². The Labute approximate surface area is 175 Å². The minimum Gasteiger partial charge on any atom is -0.494 e. The van der Waals surface area contributed by atoms with Crippen LogP contribution in [0.5, 0.6) is 5.75 Å². The molecule has 0 unspecified atom stereocenters. The third-order valence-corrected chi connectivity index (χ3v) is 5.43. The van der Waals surface area contributed by atoms with Crippen molar-refractivity contribution in [3.63, 3.8) is 0 Å². The highest BCUT2D eigenvalue weighted by Crippen LogP contribution is 2.36. The zero-order valence-corrected chi connectivity index (χ0v) is 17.1. The van der Waals surface area contributed by atoms with Gasteiger partial charge in [0.1, 0.15) is 11.4 Å². The lowest BCUT2D eigenvalue weighted by molar-refractivity contribution is -0.120. The van der Waals surface area contributed by atoms with Crippen LogP contribution >= 0.6 is 11.6 Å². The standard InChI is InChI=1S/C23H23ClN2O3/c1-2-15-29-19-11-5-16(6-12-19)20-21(25-13-3-4-14-25)23(28)26(22(20)27)18-9-7-17(24)8-10-18/h5-12H,2-4,13-15H2,1H3. The number of benzene rings is 2. The molecule has 0 N–H and O–H groups in total. The largest absolute Gasteiger partial charge is 0.494 e. The van der Waals surface area contributed by atoms with Gasteiger partial charge >= 0.3 is 0 Å². The lowest BCUT2D eigenvalue weighted by Crippen LogP contribution is -2.34. The molecule has 0 atom stereocenters. The van der Waals surface area contributed by atoms with Crippen LogP contribution in [0.25, 0.3) is 5.57 Å². The molecule has 2 heterocycles. The van der Waals surface area contributed by atoms with Gasteiger partial charge in [-0.15, -0.1) is 0 Å². The SMILES string of the molecule is CCCOc1ccc(C2=C(N3CCCC3)C(=O)N(c3ccc(Cl)cc3)C2=O)cc1. The van der Waals surface area contributed by atoms with E-state index >= 15 is 0 Å². The van der Waals surface area contributed by atoms with Crippen molar-refractivity contribution in [3.05, 3.63) is 64.8 Å². The molecule has 2 amide bonds. The number of imide groups is 1. The number of carbonyl (C=O) groups excluding carboxylic acids is 2. The smallest absolute Gasteiger partial charge is 0.282 e. The van der Waals surface area contributed by atoms with E-state index in [0.29, 0.717) is 28.6 Å². The van der Waals surface area contributed by atoms with Gasteiger partial charge in [0.15, 0.2) is 0 Å². The van der Waals surface area contributed by atoms with E-state index < -0.39 is 0 Å². The Morgan fingerprint density at radius 3 is 2.21 bits per heavy atom. The van der Waals surface area contributed by atoms with Gasteiger partial charge in [-0.05, 0) is 61.2 Å². The summed E-state index contributed by atoms with van der Waals surface area (Å²) in [6.45, 7) is 4.26. The molecule has 2 aliphatic heterocycles. The Hall–Kier alpha value is -2.79. The first kappa shape index (κ1) is 19.5. The second-order valence-corrected chi connectivity index (χ2v) is 7.65. The van der Waals surface area contributed by atoms with Crippen LogP contribution in [0, 0.1) is 0 Å². The van der Waals surface area contributed by atoms with E-state index in [4.69, 9.17) is 16.3 Å². The number of halogens is 1. The molecule has 5 nitrogen and oxygen atoms in total. The minimum atomic E-state index is -0.304. The summed E-state index contributed by atoms with van der Waals surface area (Å²) in [6.07, 6.45) is 2.96. The number of nitrogens with zero attached hydrogens (tertiary/aromatic N) is 2. The van der Waals surface area contributed by atoms with Crippen molar-refractivity contribution >= 4 is 34.7 Å². The van der Waals surface area contributed by atoms with E-state index in [1.807, 2.05) is 29.2 Å². The molecule has 0 radical (unpaired) electrons. The number of likely N-dealkylation sites (tertiary alicyclic amines) is 1. The first-order valence-electron chi connectivity index (χ1n) is 9.97. The summed E-state index contributed by atoms with van der Waals surface area (Å²) < 4.78 is 5.65. The molecule has 29 heavy (non-hydrogen) atoms. The zero-order chi connectivity index (χ0) is 20.4. The first-order chi connectivity index (χ1) is 14.1. The van der Waals surface area contributed by atoms with Gasteiger partial charge in [-0.2, -0.15) is 0 Å². The van der Waals surface area contributed by atoms with Crippen LogP contribution in [-0.2, 0) is 9.59 Å². The number of rotatable bonds is 6. The third kappa shape index (κ3) is 3.75. The maximum atomic E-state index is 13.4. The lowest BCUT2D eigenvalue weighted by Gasteiger charge is -2.20. The molecular formula is C23H23ClN2O3. The quantitative estimate of drug-likeness (QED) is 0.657. The third-order valence-electron chi connectivity index (χ3n) is 5.18. The second-order valence-electron chi connectivity index (χ2n) is 7.21. The summed E-state index contributed by atoms with van der Waals surface area (Å²) in [5.41, 5.74) is 2.20. The predicted octanol–water partition coefficient (Wildman–Crippen LogP) is 4.51. The number of ether oxygens (including phenoxy) is 1. The maximum Gasteiger partial charge on any atom is 0.282 e. The van der Waals surface area contributed by atoms with Crippen molar-refractivity contribution in [2.75, 3.05) is 24.6 Å². The molecule has 0 bridgehead atoms. The Balaban J connectivity index is 1.73. The first-order valence-corrected chi connectivity index (χ1v) is 10.3. The highest BCUT2D eigenvalue weighted by molar-refractivity contribution is 6.45. The topological polar surface area (TPSA) is 49.9 Å². The Bertz CT molecular complexity index is 945. The van der Waals surface area contributed by atoms with Gasteiger partial charge in [-0.1, -0.05) is 30.7 Å². The summed E-state index contributed by atoms with van der Waals surface area (Å²) >= 11 is 5.98. The van der Waals surface area contributed by atoms with E-state index in [2.05, 4.69) is 6.92 Å².